The van der Waals surface area contributed by atoms with E-state index < -0.39 is 0 Å². The van der Waals surface area contributed by atoms with Crippen LogP contribution in [-0.4, -0.2) is 11.7 Å². The third-order valence-electron chi connectivity index (χ3n) is 2.48. The Morgan fingerprint density at radius 2 is 1.86 bits per heavy atom. The van der Waals surface area contributed by atoms with Crippen molar-refractivity contribution in [3.05, 3.63) is 35.1 Å². The summed E-state index contributed by atoms with van der Waals surface area (Å²) in [6.07, 6.45) is 0. The van der Waals surface area contributed by atoms with E-state index in [0.29, 0.717) is 5.92 Å². The Hall–Kier alpha value is -0.890. The zero-order valence-corrected chi connectivity index (χ0v) is 8.92. The average molecular weight is 196 g/mol. The molecule has 0 aliphatic carbocycles. The molecule has 0 spiro atoms. The molecular formula is C12H17FO. The molecule has 1 rings (SSSR count). The lowest BCUT2D eigenvalue weighted by molar-refractivity contribution is 0.272. The molecule has 0 fully saturated rings. The number of aliphatic hydroxyl groups excluding tert-OH is 1. The molecule has 0 saturated carbocycles. The van der Waals surface area contributed by atoms with Crippen LogP contribution in [0.4, 0.5) is 4.39 Å². The summed E-state index contributed by atoms with van der Waals surface area (Å²) in [5, 5.41) is 9.06. The quantitative estimate of drug-likeness (QED) is 0.787. The van der Waals surface area contributed by atoms with Crippen LogP contribution in [0.1, 0.15) is 43.7 Å². The summed E-state index contributed by atoms with van der Waals surface area (Å²) in [6, 6.07) is 4.81. The predicted molar refractivity (Wildman–Crippen MR) is 56.0 cm³/mol. The molecule has 0 amide bonds. The number of aliphatic hydroxyl groups is 1. The lowest BCUT2D eigenvalue weighted by Crippen LogP contribution is -2.05. The van der Waals surface area contributed by atoms with Gasteiger partial charge in [-0.1, -0.05) is 26.8 Å². The lowest BCUT2D eigenvalue weighted by atomic mass is 9.90. The van der Waals surface area contributed by atoms with E-state index >= 15 is 0 Å². The number of benzene rings is 1. The van der Waals surface area contributed by atoms with Gasteiger partial charge in [-0.05, 0) is 29.2 Å². The standard InChI is InChI=1S/C12H17FO/c1-8(2)11-5-4-10(13)6-12(11)9(3)7-14/h4-6,8-9,14H,7H2,1-3H3. The van der Waals surface area contributed by atoms with Crippen LogP contribution >= 0.6 is 0 Å². The molecule has 1 nitrogen and oxygen atoms in total. The lowest BCUT2D eigenvalue weighted by Gasteiger charge is -2.17. The highest BCUT2D eigenvalue weighted by Crippen LogP contribution is 2.26. The Morgan fingerprint density at radius 3 is 2.36 bits per heavy atom. The first-order valence-electron chi connectivity index (χ1n) is 4.96. The highest BCUT2D eigenvalue weighted by atomic mass is 19.1. The Labute approximate surface area is 84.6 Å². The number of hydrogen-bond donors (Lipinski definition) is 1. The summed E-state index contributed by atoms with van der Waals surface area (Å²) in [5.74, 6) is 0.132. The smallest absolute Gasteiger partial charge is 0.123 e. The fraction of sp³-hybridized carbons (Fsp3) is 0.500. The molecule has 0 aliphatic rings. The molecule has 1 N–H and O–H groups in total. The number of halogens is 1. The molecule has 1 aromatic carbocycles. The van der Waals surface area contributed by atoms with Crippen molar-refractivity contribution in [3.63, 3.8) is 0 Å². The van der Waals surface area contributed by atoms with Crippen LogP contribution in [0.3, 0.4) is 0 Å². The summed E-state index contributed by atoms with van der Waals surface area (Å²) in [5.41, 5.74) is 2.04. The summed E-state index contributed by atoms with van der Waals surface area (Å²) in [7, 11) is 0. The number of rotatable bonds is 3. The second kappa shape index (κ2) is 4.56. The highest BCUT2D eigenvalue weighted by molar-refractivity contribution is 5.33. The molecule has 0 bridgehead atoms. The highest BCUT2D eigenvalue weighted by Gasteiger charge is 2.12. The Bertz CT molecular complexity index is 307. The maximum Gasteiger partial charge on any atom is 0.123 e. The third kappa shape index (κ3) is 2.32. The molecule has 78 valence electrons. The van der Waals surface area contributed by atoms with Gasteiger partial charge in [0.2, 0.25) is 0 Å². The van der Waals surface area contributed by atoms with Crippen LogP contribution < -0.4 is 0 Å². The largest absolute Gasteiger partial charge is 0.396 e. The van der Waals surface area contributed by atoms with Gasteiger partial charge in [0.1, 0.15) is 5.82 Å². The van der Waals surface area contributed by atoms with Gasteiger partial charge in [0.15, 0.2) is 0 Å². The molecule has 2 heteroatoms. The van der Waals surface area contributed by atoms with Gasteiger partial charge in [-0.3, -0.25) is 0 Å². The Kier molecular flexibility index (Phi) is 3.64. The van der Waals surface area contributed by atoms with Crippen molar-refractivity contribution in [1.82, 2.24) is 0 Å². The van der Waals surface area contributed by atoms with Crippen LogP contribution in [0.25, 0.3) is 0 Å². The normalized spacial score (nSPS) is 13.3. The van der Waals surface area contributed by atoms with Crippen molar-refractivity contribution >= 4 is 0 Å². The van der Waals surface area contributed by atoms with Crippen LogP contribution in [0.15, 0.2) is 18.2 Å². The van der Waals surface area contributed by atoms with Crippen molar-refractivity contribution in [2.45, 2.75) is 32.6 Å². The maximum absolute atomic E-state index is 13.0. The summed E-state index contributed by atoms with van der Waals surface area (Å²) < 4.78 is 13.0. The molecule has 0 heterocycles. The van der Waals surface area contributed by atoms with Crippen molar-refractivity contribution in [2.24, 2.45) is 0 Å². The van der Waals surface area contributed by atoms with E-state index in [-0.39, 0.29) is 18.3 Å². The molecule has 0 aliphatic heterocycles. The van der Waals surface area contributed by atoms with Crippen LogP contribution in [-0.2, 0) is 0 Å². The van der Waals surface area contributed by atoms with E-state index in [1.807, 2.05) is 13.0 Å². The molecule has 0 aromatic heterocycles. The molecule has 1 unspecified atom stereocenters. The first-order valence-corrected chi connectivity index (χ1v) is 4.96. The van der Waals surface area contributed by atoms with Crippen LogP contribution in [0, 0.1) is 5.82 Å². The second-order valence-corrected chi connectivity index (χ2v) is 4.01. The van der Waals surface area contributed by atoms with E-state index in [1.54, 1.807) is 0 Å². The van der Waals surface area contributed by atoms with Gasteiger partial charge in [0.25, 0.3) is 0 Å². The Morgan fingerprint density at radius 1 is 1.21 bits per heavy atom. The molecule has 0 saturated heterocycles. The van der Waals surface area contributed by atoms with E-state index in [0.717, 1.165) is 11.1 Å². The van der Waals surface area contributed by atoms with E-state index in [2.05, 4.69) is 13.8 Å². The van der Waals surface area contributed by atoms with Gasteiger partial charge in [-0.2, -0.15) is 0 Å². The van der Waals surface area contributed by atoms with Gasteiger partial charge in [0, 0.05) is 12.5 Å². The number of hydrogen-bond acceptors (Lipinski definition) is 1. The third-order valence-corrected chi connectivity index (χ3v) is 2.48. The maximum atomic E-state index is 13.0. The molecule has 0 radical (unpaired) electrons. The van der Waals surface area contributed by atoms with Crippen molar-refractivity contribution < 1.29 is 9.50 Å². The fourth-order valence-corrected chi connectivity index (χ4v) is 1.60. The first kappa shape index (κ1) is 11.2. The molecular weight excluding hydrogens is 179 g/mol. The minimum Gasteiger partial charge on any atom is -0.396 e. The Balaban J connectivity index is 3.15. The van der Waals surface area contributed by atoms with Gasteiger partial charge in [-0.15, -0.1) is 0 Å². The summed E-state index contributed by atoms with van der Waals surface area (Å²) >= 11 is 0. The van der Waals surface area contributed by atoms with Gasteiger partial charge < -0.3 is 5.11 Å². The minimum atomic E-state index is -0.232. The van der Waals surface area contributed by atoms with E-state index in [4.69, 9.17) is 5.11 Å². The fourth-order valence-electron chi connectivity index (χ4n) is 1.60. The van der Waals surface area contributed by atoms with Crippen molar-refractivity contribution in [2.75, 3.05) is 6.61 Å². The SMILES string of the molecule is CC(C)c1ccc(F)cc1C(C)CO. The monoisotopic (exact) mass is 196 g/mol. The molecule has 1 atom stereocenters. The summed E-state index contributed by atoms with van der Waals surface area (Å²) in [4.78, 5) is 0. The van der Waals surface area contributed by atoms with Gasteiger partial charge in [-0.25, -0.2) is 4.39 Å². The zero-order valence-electron chi connectivity index (χ0n) is 8.92. The zero-order chi connectivity index (χ0) is 10.7. The topological polar surface area (TPSA) is 20.2 Å². The molecule has 1 aromatic rings. The van der Waals surface area contributed by atoms with E-state index in [1.165, 1.54) is 12.1 Å². The average Bonchev–Trinajstić information content (AvgIpc) is 2.16. The molecule has 14 heavy (non-hydrogen) atoms. The van der Waals surface area contributed by atoms with Crippen LogP contribution in [0.5, 0.6) is 0 Å². The summed E-state index contributed by atoms with van der Waals surface area (Å²) in [6.45, 7) is 6.10. The van der Waals surface area contributed by atoms with Gasteiger partial charge >= 0.3 is 0 Å². The predicted octanol–water partition coefficient (Wildman–Crippen LogP) is 3.04. The van der Waals surface area contributed by atoms with Crippen molar-refractivity contribution in [1.29, 1.82) is 0 Å². The second-order valence-electron chi connectivity index (χ2n) is 4.01. The van der Waals surface area contributed by atoms with Gasteiger partial charge in [0.05, 0.1) is 0 Å². The first-order chi connectivity index (χ1) is 6.56. The van der Waals surface area contributed by atoms with Crippen molar-refractivity contribution in [3.8, 4) is 0 Å². The van der Waals surface area contributed by atoms with E-state index in [9.17, 15) is 4.39 Å². The van der Waals surface area contributed by atoms with Crippen LogP contribution in [0.2, 0.25) is 0 Å². The minimum absolute atomic E-state index is 0.00287.